The van der Waals surface area contributed by atoms with Crippen molar-refractivity contribution >= 4 is 11.4 Å². The van der Waals surface area contributed by atoms with Gasteiger partial charge in [-0.3, -0.25) is 4.79 Å². The van der Waals surface area contributed by atoms with Crippen LogP contribution in [-0.4, -0.2) is 61.4 Å². The average molecular weight is 529 g/mol. The zero-order valence-electron chi connectivity index (χ0n) is 23.2. The van der Waals surface area contributed by atoms with E-state index in [1.54, 1.807) is 6.07 Å². The number of H-pyrrole nitrogens is 1. The number of nitrogens with zero attached hydrogens (tertiary/aromatic N) is 2. The molecule has 7 heteroatoms. The Hall–Kier alpha value is -3.29. The number of nitrogens with one attached hydrogen (secondary N) is 2. The maximum Gasteiger partial charge on any atom is 0.250 e. The second-order valence-corrected chi connectivity index (χ2v) is 11.2. The number of unbranched alkanes of at least 4 members (excludes halogenated alkanes) is 1. The molecule has 0 saturated carbocycles. The molecular weight excluding hydrogens is 488 g/mol. The SMILES string of the molecule is CCCCN1CCC(Nc2ccc3c(c2)Cc2cccc(-c4cc(N5CCOCC5)cc(=O)[nH]4)c2O3)CC1C. The van der Waals surface area contributed by atoms with E-state index in [9.17, 15) is 4.79 Å². The number of rotatable bonds is 7. The monoisotopic (exact) mass is 528 g/mol. The maximum atomic E-state index is 12.6. The van der Waals surface area contributed by atoms with Crippen LogP contribution in [0.5, 0.6) is 11.5 Å². The van der Waals surface area contributed by atoms with Crippen LogP contribution in [-0.2, 0) is 11.2 Å². The molecule has 2 fully saturated rings. The van der Waals surface area contributed by atoms with E-state index in [0.717, 1.165) is 60.1 Å². The molecule has 7 nitrogen and oxygen atoms in total. The van der Waals surface area contributed by atoms with E-state index in [4.69, 9.17) is 9.47 Å². The van der Waals surface area contributed by atoms with Crippen LogP contribution >= 0.6 is 0 Å². The van der Waals surface area contributed by atoms with Gasteiger partial charge in [0.2, 0.25) is 5.56 Å². The zero-order chi connectivity index (χ0) is 26.8. The molecule has 2 N–H and O–H groups in total. The van der Waals surface area contributed by atoms with Gasteiger partial charge < -0.3 is 29.6 Å². The molecule has 0 spiro atoms. The Morgan fingerprint density at radius 1 is 1.05 bits per heavy atom. The molecule has 1 aromatic heterocycles. The molecule has 4 heterocycles. The quantitative estimate of drug-likeness (QED) is 0.324. The van der Waals surface area contributed by atoms with Gasteiger partial charge in [-0.2, -0.15) is 0 Å². The van der Waals surface area contributed by atoms with E-state index in [1.165, 1.54) is 43.5 Å². The van der Waals surface area contributed by atoms with Gasteiger partial charge in [0.1, 0.15) is 11.5 Å². The van der Waals surface area contributed by atoms with Crippen LogP contribution in [0.3, 0.4) is 0 Å². The fourth-order valence-electron chi connectivity index (χ4n) is 6.24. The first-order valence-electron chi connectivity index (χ1n) is 14.6. The number of anilines is 2. The Morgan fingerprint density at radius 2 is 1.92 bits per heavy atom. The minimum atomic E-state index is -0.107. The minimum absolute atomic E-state index is 0.107. The molecule has 2 aromatic carbocycles. The smallest absolute Gasteiger partial charge is 0.250 e. The summed E-state index contributed by atoms with van der Waals surface area (Å²) < 4.78 is 12.0. The first-order chi connectivity index (χ1) is 19.1. The molecule has 6 rings (SSSR count). The normalized spacial score (nSPS) is 21.1. The van der Waals surface area contributed by atoms with Crippen LogP contribution in [0.1, 0.15) is 50.7 Å². The van der Waals surface area contributed by atoms with Gasteiger partial charge in [-0.25, -0.2) is 0 Å². The van der Waals surface area contributed by atoms with Crippen molar-refractivity contribution in [3.05, 3.63) is 70.0 Å². The van der Waals surface area contributed by atoms with Gasteiger partial charge in [-0.15, -0.1) is 0 Å². The summed E-state index contributed by atoms with van der Waals surface area (Å²) in [5.74, 6) is 1.71. The largest absolute Gasteiger partial charge is 0.456 e. The second kappa shape index (κ2) is 11.4. The average Bonchev–Trinajstić information content (AvgIpc) is 2.95. The molecule has 2 atom stereocenters. The van der Waals surface area contributed by atoms with Crippen molar-refractivity contribution < 1.29 is 9.47 Å². The van der Waals surface area contributed by atoms with Crippen molar-refractivity contribution in [2.75, 3.05) is 49.6 Å². The predicted octanol–water partition coefficient (Wildman–Crippen LogP) is 5.64. The summed E-state index contributed by atoms with van der Waals surface area (Å²) in [6, 6.07) is 17.5. The highest BCUT2D eigenvalue weighted by Crippen LogP contribution is 2.43. The molecule has 0 amide bonds. The Kier molecular flexibility index (Phi) is 7.62. The number of hydrogen-bond donors (Lipinski definition) is 2. The van der Waals surface area contributed by atoms with Crippen LogP contribution < -0.4 is 20.5 Å². The van der Waals surface area contributed by atoms with Crippen molar-refractivity contribution in [1.29, 1.82) is 0 Å². The fourth-order valence-corrected chi connectivity index (χ4v) is 6.24. The van der Waals surface area contributed by atoms with Crippen molar-refractivity contribution in [3.63, 3.8) is 0 Å². The molecule has 0 bridgehead atoms. The molecule has 0 aliphatic carbocycles. The van der Waals surface area contributed by atoms with Crippen molar-refractivity contribution in [3.8, 4) is 22.8 Å². The van der Waals surface area contributed by atoms with E-state index in [0.29, 0.717) is 25.3 Å². The Balaban J connectivity index is 1.19. The van der Waals surface area contributed by atoms with Gasteiger partial charge in [-0.1, -0.05) is 25.5 Å². The van der Waals surface area contributed by atoms with Gasteiger partial charge in [0.05, 0.1) is 18.9 Å². The molecule has 3 aliphatic rings. The van der Waals surface area contributed by atoms with Crippen molar-refractivity contribution in [2.45, 2.75) is 58.0 Å². The van der Waals surface area contributed by atoms with Crippen LogP contribution in [0, 0.1) is 0 Å². The summed E-state index contributed by atoms with van der Waals surface area (Å²) in [4.78, 5) is 20.5. The van der Waals surface area contributed by atoms with Gasteiger partial charge in [0.15, 0.2) is 0 Å². The number of ether oxygens (including phenoxy) is 2. The Labute approximate surface area is 231 Å². The van der Waals surface area contributed by atoms with Crippen molar-refractivity contribution in [1.82, 2.24) is 9.88 Å². The van der Waals surface area contributed by atoms with E-state index < -0.39 is 0 Å². The number of morpholine rings is 1. The summed E-state index contributed by atoms with van der Waals surface area (Å²) in [6.45, 7) is 9.93. The van der Waals surface area contributed by atoms with Crippen LogP contribution in [0.15, 0.2) is 53.3 Å². The molecule has 206 valence electrons. The molecular formula is C32H40N4O3. The fraction of sp³-hybridized carbons (Fsp3) is 0.469. The number of hydrogen-bond acceptors (Lipinski definition) is 6. The lowest BCUT2D eigenvalue weighted by Gasteiger charge is -2.38. The maximum absolute atomic E-state index is 12.6. The summed E-state index contributed by atoms with van der Waals surface area (Å²) in [5.41, 5.74) is 5.99. The van der Waals surface area contributed by atoms with Crippen LogP contribution in [0.2, 0.25) is 0 Å². The van der Waals surface area contributed by atoms with Gasteiger partial charge >= 0.3 is 0 Å². The van der Waals surface area contributed by atoms with Crippen LogP contribution in [0.25, 0.3) is 11.3 Å². The zero-order valence-corrected chi connectivity index (χ0v) is 23.2. The summed E-state index contributed by atoms with van der Waals surface area (Å²) in [5, 5.41) is 3.81. The van der Waals surface area contributed by atoms with Crippen LogP contribution in [0.4, 0.5) is 11.4 Å². The highest BCUT2D eigenvalue weighted by Gasteiger charge is 2.26. The first-order valence-corrected chi connectivity index (χ1v) is 14.6. The number of para-hydroxylation sites is 1. The molecule has 3 aliphatic heterocycles. The third kappa shape index (κ3) is 5.70. The summed E-state index contributed by atoms with van der Waals surface area (Å²) in [7, 11) is 0. The molecule has 39 heavy (non-hydrogen) atoms. The standard InChI is InChI=1S/C32H40N4O3/c1-3-4-11-35-12-10-26(17-22(35)2)33-25-8-9-30-24(19-25)18-23-6-5-7-28(32(23)39-30)29-20-27(21-31(37)34-29)36-13-15-38-16-14-36/h5-9,19-22,26,33H,3-4,10-18H2,1-2H3,(H,34,37). The number of pyridine rings is 1. The molecule has 0 radical (unpaired) electrons. The van der Waals surface area contributed by atoms with E-state index in [1.807, 2.05) is 6.07 Å². The van der Waals surface area contributed by atoms with Gasteiger partial charge in [-0.05, 0) is 68.6 Å². The second-order valence-electron chi connectivity index (χ2n) is 11.2. The number of likely N-dealkylation sites (tertiary alicyclic amines) is 1. The van der Waals surface area contributed by atoms with Gasteiger partial charge in [0, 0.05) is 66.7 Å². The topological polar surface area (TPSA) is 69.8 Å². The molecule has 3 aromatic rings. The number of aromatic nitrogens is 1. The Morgan fingerprint density at radius 3 is 2.74 bits per heavy atom. The van der Waals surface area contributed by atoms with Gasteiger partial charge in [0.25, 0.3) is 0 Å². The molecule has 2 saturated heterocycles. The highest BCUT2D eigenvalue weighted by molar-refractivity contribution is 5.74. The van der Waals surface area contributed by atoms with E-state index in [-0.39, 0.29) is 5.56 Å². The lowest BCUT2D eigenvalue weighted by atomic mass is 9.95. The lowest BCUT2D eigenvalue weighted by molar-refractivity contribution is 0.122. The predicted molar refractivity (Wildman–Crippen MR) is 157 cm³/mol. The summed E-state index contributed by atoms with van der Waals surface area (Å²) >= 11 is 0. The first kappa shape index (κ1) is 26.0. The van der Waals surface area contributed by atoms with E-state index in [2.05, 4.69) is 70.3 Å². The number of benzene rings is 2. The number of fused-ring (bicyclic) bond motifs is 2. The molecule has 2 unspecified atom stereocenters. The third-order valence-corrected chi connectivity index (χ3v) is 8.43. The van der Waals surface area contributed by atoms with Crippen molar-refractivity contribution in [2.24, 2.45) is 0 Å². The third-order valence-electron chi connectivity index (χ3n) is 8.43. The lowest BCUT2D eigenvalue weighted by Crippen LogP contribution is -2.45. The number of aromatic amines is 1. The number of piperidine rings is 1. The summed E-state index contributed by atoms with van der Waals surface area (Å²) in [6.07, 6.45) is 5.69. The van der Waals surface area contributed by atoms with E-state index >= 15 is 0 Å². The minimum Gasteiger partial charge on any atom is -0.456 e. The Bertz CT molecular complexity index is 1360. The highest BCUT2D eigenvalue weighted by atomic mass is 16.5.